The number of hydrogen-bond acceptors (Lipinski definition) is 2. The lowest BCUT2D eigenvalue weighted by Gasteiger charge is -2.02. The Morgan fingerprint density at radius 2 is 1.87 bits per heavy atom. The molecule has 2 nitrogen and oxygen atoms in total. The monoisotopic (exact) mass is 273 g/mol. The van der Waals surface area contributed by atoms with Gasteiger partial charge in [0.15, 0.2) is 4.67 Å². The molecule has 0 radical (unpaired) electrons. The summed E-state index contributed by atoms with van der Waals surface area (Å²) in [5.41, 5.74) is 5.37. The van der Waals surface area contributed by atoms with Crippen LogP contribution in [0, 0.1) is 11.6 Å². The highest BCUT2D eigenvalue weighted by molar-refractivity contribution is 9.10. The van der Waals surface area contributed by atoms with Gasteiger partial charge >= 0.3 is 0 Å². The van der Waals surface area contributed by atoms with E-state index in [2.05, 4.69) is 15.9 Å². The van der Waals surface area contributed by atoms with Crippen LogP contribution in [0.25, 0.3) is 11.3 Å². The average Bonchev–Trinajstić information content (AvgIpc) is 2.58. The van der Waals surface area contributed by atoms with Crippen LogP contribution in [-0.2, 0) is 0 Å². The van der Waals surface area contributed by atoms with Crippen LogP contribution in [0.1, 0.15) is 0 Å². The third kappa shape index (κ3) is 1.87. The average molecular weight is 274 g/mol. The van der Waals surface area contributed by atoms with E-state index in [0.29, 0.717) is 10.4 Å². The maximum Gasteiger partial charge on any atom is 0.169 e. The van der Waals surface area contributed by atoms with Crippen molar-refractivity contribution in [2.45, 2.75) is 0 Å². The van der Waals surface area contributed by atoms with Crippen LogP contribution in [0.4, 0.5) is 14.5 Å². The number of furan rings is 1. The highest BCUT2D eigenvalue weighted by Crippen LogP contribution is 2.29. The van der Waals surface area contributed by atoms with Gasteiger partial charge in [0, 0.05) is 6.07 Å². The molecule has 0 aliphatic heterocycles. The lowest BCUT2D eigenvalue weighted by Crippen LogP contribution is -1.93. The molecule has 1 aromatic carbocycles. The molecule has 1 heterocycles. The molecule has 0 saturated heterocycles. The van der Waals surface area contributed by atoms with Crippen molar-refractivity contribution in [1.29, 1.82) is 0 Å². The lowest BCUT2D eigenvalue weighted by atomic mass is 10.1. The zero-order chi connectivity index (χ0) is 11.0. The first-order valence-corrected chi connectivity index (χ1v) is 4.87. The van der Waals surface area contributed by atoms with Gasteiger partial charge in [-0.05, 0) is 34.1 Å². The summed E-state index contributed by atoms with van der Waals surface area (Å²) >= 11 is 3.09. The van der Waals surface area contributed by atoms with E-state index in [1.165, 1.54) is 6.07 Å². The Bertz CT molecular complexity index is 510. The number of nitrogens with two attached hydrogens (primary N) is 1. The van der Waals surface area contributed by atoms with E-state index in [9.17, 15) is 8.78 Å². The van der Waals surface area contributed by atoms with Crippen molar-refractivity contribution in [1.82, 2.24) is 0 Å². The molecule has 0 atom stereocenters. The minimum absolute atomic E-state index is 0.112. The summed E-state index contributed by atoms with van der Waals surface area (Å²) in [6, 6.07) is 5.13. The summed E-state index contributed by atoms with van der Waals surface area (Å²) in [7, 11) is 0. The second-order valence-corrected chi connectivity index (χ2v) is 3.74. The van der Waals surface area contributed by atoms with Crippen molar-refractivity contribution in [3.05, 3.63) is 40.6 Å². The van der Waals surface area contributed by atoms with E-state index in [1.54, 1.807) is 12.1 Å². The molecule has 15 heavy (non-hydrogen) atoms. The largest absolute Gasteiger partial charge is 0.449 e. The lowest BCUT2D eigenvalue weighted by molar-refractivity contribution is 0.543. The van der Waals surface area contributed by atoms with Crippen LogP contribution >= 0.6 is 15.9 Å². The number of halogens is 3. The molecule has 0 amide bonds. The fraction of sp³-hybridized carbons (Fsp3) is 0. The SMILES string of the molecule is Nc1cc(-c2ccc(Br)o2)c(F)cc1F. The standard InChI is InChI=1S/C10H6BrF2NO/c11-10-2-1-9(15-10)5-3-8(14)7(13)4-6(5)12/h1-4H,14H2. The predicted octanol–water partition coefficient (Wildman–Crippen LogP) is 3.57. The Kier molecular flexibility index (Phi) is 2.48. The van der Waals surface area contributed by atoms with Crippen molar-refractivity contribution in [2.75, 3.05) is 5.73 Å². The second-order valence-electron chi connectivity index (χ2n) is 2.96. The van der Waals surface area contributed by atoms with E-state index < -0.39 is 11.6 Å². The van der Waals surface area contributed by atoms with Gasteiger partial charge in [0.25, 0.3) is 0 Å². The summed E-state index contributed by atoms with van der Waals surface area (Å²) < 4.78 is 31.8. The Morgan fingerprint density at radius 1 is 1.13 bits per heavy atom. The molecule has 0 saturated carbocycles. The fourth-order valence-corrected chi connectivity index (χ4v) is 1.52. The molecular weight excluding hydrogens is 268 g/mol. The van der Waals surface area contributed by atoms with Crippen LogP contribution in [0.15, 0.2) is 33.4 Å². The Balaban J connectivity index is 2.58. The predicted molar refractivity (Wildman–Crippen MR) is 56.2 cm³/mol. The fourth-order valence-electron chi connectivity index (χ4n) is 1.21. The van der Waals surface area contributed by atoms with E-state index in [0.717, 1.165) is 6.07 Å². The first-order chi connectivity index (χ1) is 7.08. The molecule has 2 aromatic rings. The summed E-state index contributed by atoms with van der Waals surface area (Å²) in [6.07, 6.45) is 0. The van der Waals surface area contributed by atoms with E-state index in [4.69, 9.17) is 10.2 Å². The number of nitrogen functional groups attached to an aromatic ring is 1. The van der Waals surface area contributed by atoms with Crippen LogP contribution in [0.2, 0.25) is 0 Å². The van der Waals surface area contributed by atoms with Crippen molar-refractivity contribution in [3.63, 3.8) is 0 Å². The first kappa shape index (κ1) is 10.2. The molecular formula is C10H6BrF2NO. The van der Waals surface area contributed by atoms with Crippen LogP contribution < -0.4 is 5.73 Å². The maximum absolute atomic E-state index is 13.4. The first-order valence-electron chi connectivity index (χ1n) is 4.08. The van der Waals surface area contributed by atoms with E-state index in [1.807, 2.05) is 0 Å². The molecule has 0 fully saturated rings. The van der Waals surface area contributed by atoms with Gasteiger partial charge in [0.1, 0.15) is 17.4 Å². The molecule has 0 bridgehead atoms. The normalized spacial score (nSPS) is 10.6. The Hall–Kier alpha value is -1.36. The highest BCUT2D eigenvalue weighted by atomic mass is 79.9. The molecule has 2 N–H and O–H groups in total. The van der Waals surface area contributed by atoms with Crippen molar-refractivity contribution >= 4 is 21.6 Å². The van der Waals surface area contributed by atoms with Crippen LogP contribution in [0.5, 0.6) is 0 Å². The molecule has 0 aliphatic rings. The van der Waals surface area contributed by atoms with E-state index >= 15 is 0 Å². The molecule has 0 aliphatic carbocycles. The zero-order valence-electron chi connectivity index (χ0n) is 7.43. The van der Waals surface area contributed by atoms with Crippen LogP contribution in [0.3, 0.4) is 0 Å². The molecule has 78 valence electrons. The van der Waals surface area contributed by atoms with Crippen LogP contribution in [-0.4, -0.2) is 0 Å². The minimum atomic E-state index is -0.776. The summed E-state index contributed by atoms with van der Waals surface area (Å²) in [5, 5.41) is 0. The number of anilines is 1. The van der Waals surface area contributed by atoms with Gasteiger partial charge in [-0.15, -0.1) is 0 Å². The summed E-state index contributed by atoms with van der Waals surface area (Å²) in [6.45, 7) is 0. The molecule has 2 rings (SSSR count). The molecule has 0 unspecified atom stereocenters. The summed E-state index contributed by atoms with van der Waals surface area (Å²) in [5.74, 6) is -1.18. The smallest absolute Gasteiger partial charge is 0.169 e. The maximum atomic E-state index is 13.4. The minimum Gasteiger partial charge on any atom is -0.449 e. The number of benzene rings is 1. The quantitative estimate of drug-likeness (QED) is 0.807. The molecule has 5 heteroatoms. The highest BCUT2D eigenvalue weighted by Gasteiger charge is 2.12. The van der Waals surface area contributed by atoms with Crippen molar-refractivity contribution < 1.29 is 13.2 Å². The zero-order valence-corrected chi connectivity index (χ0v) is 9.01. The van der Waals surface area contributed by atoms with E-state index in [-0.39, 0.29) is 11.3 Å². The third-order valence-electron chi connectivity index (χ3n) is 1.93. The van der Waals surface area contributed by atoms with Gasteiger partial charge in [0.05, 0.1) is 11.3 Å². The third-order valence-corrected chi connectivity index (χ3v) is 2.35. The van der Waals surface area contributed by atoms with Gasteiger partial charge in [-0.1, -0.05) is 0 Å². The molecule has 1 aromatic heterocycles. The number of rotatable bonds is 1. The van der Waals surface area contributed by atoms with Crippen molar-refractivity contribution in [2.24, 2.45) is 0 Å². The summed E-state index contributed by atoms with van der Waals surface area (Å²) in [4.78, 5) is 0. The number of hydrogen-bond donors (Lipinski definition) is 1. The molecule has 0 spiro atoms. The Labute approximate surface area is 92.8 Å². The topological polar surface area (TPSA) is 39.2 Å². The van der Waals surface area contributed by atoms with Gasteiger partial charge in [0.2, 0.25) is 0 Å². The van der Waals surface area contributed by atoms with Gasteiger partial charge in [-0.3, -0.25) is 0 Å². The Morgan fingerprint density at radius 3 is 2.47 bits per heavy atom. The van der Waals surface area contributed by atoms with Gasteiger partial charge in [-0.25, -0.2) is 8.78 Å². The van der Waals surface area contributed by atoms with Gasteiger partial charge < -0.3 is 10.2 Å². The van der Waals surface area contributed by atoms with Gasteiger partial charge in [-0.2, -0.15) is 0 Å². The van der Waals surface area contributed by atoms with Crippen molar-refractivity contribution in [3.8, 4) is 11.3 Å². The second kappa shape index (κ2) is 3.66.